The van der Waals surface area contributed by atoms with Crippen molar-refractivity contribution in [3.05, 3.63) is 76.3 Å². The average molecular weight is 452 g/mol. The fourth-order valence-electron chi connectivity index (χ4n) is 3.50. The van der Waals surface area contributed by atoms with Crippen LogP contribution in [0.3, 0.4) is 0 Å². The van der Waals surface area contributed by atoms with Crippen molar-refractivity contribution in [1.29, 1.82) is 0 Å². The molecule has 5 N–H and O–H groups in total. The third kappa shape index (κ3) is 4.21. The number of nitrogens with two attached hydrogens (primary N) is 1. The summed E-state index contributed by atoms with van der Waals surface area (Å²) in [6.45, 7) is 1.72. The fourth-order valence-corrected chi connectivity index (χ4v) is 4.05. The molecular formula is C22H20N4O5S. The molecule has 0 saturated carbocycles. The van der Waals surface area contributed by atoms with E-state index in [9.17, 15) is 18.0 Å². The van der Waals surface area contributed by atoms with Crippen molar-refractivity contribution in [3.63, 3.8) is 0 Å². The number of benzene rings is 2. The van der Waals surface area contributed by atoms with Gasteiger partial charge in [-0.15, -0.1) is 0 Å². The van der Waals surface area contributed by atoms with E-state index < -0.39 is 21.5 Å². The number of carbonyl (C=O) groups is 1. The number of carbonyl (C=O) groups excluding carboxylic acids is 1. The minimum atomic E-state index is -3.53. The smallest absolute Gasteiger partial charge is 0.265 e. The molecule has 2 aromatic carbocycles. The summed E-state index contributed by atoms with van der Waals surface area (Å²) in [4.78, 5) is 29.9. The summed E-state index contributed by atoms with van der Waals surface area (Å²) in [6.07, 6.45) is 1.05. The van der Waals surface area contributed by atoms with Crippen LogP contribution in [0, 0.1) is 6.92 Å². The first-order chi connectivity index (χ1) is 15.1. The van der Waals surface area contributed by atoms with Gasteiger partial charge < -0.3 is 20.4 Å². The number of ether oxygens (including phenoxy) is 1. The van der Waals surface area contributed by atoms with Crippen molar-refractivity contribution in [2.45, 2.75) is 6.92 Å². The monoisotopic (exact) mass is 452 g/mol. The van der Waals surface area contributed by atoms with Gasteiger partial charge in [0.1, 0.15) is 17.2 Å². The number of anilines is 1. The van der Waals surface area contributed by atoms with E-state index in [0.29, 0.717) is 44.9 Å². The Hall–Kier alpha value is -4.05. The summed E-state index contributed by atoms with van der Waals surface area (Å²) in [5.74, 6) is 0.210. The first-order valence-corrected chi connectivity index (χ1v) is 11.4. The van der Waals surface area contributed by atoms with Gasteiger partial charge in [-0.25, -0.2) is 8.42 Å². The van der Waals surface area contributed by atoms with Crippen molar-refractivity contribution in [3.8, 4) is 22.8 Å². The molecule has 4 rings (SSSR count). The predicted octanol–water partition coefficient (Wildman–Crippen LogP) is 3.09. The van der Waals surface area contributed by atoms with Crippen LogP contribution in [0.1, 0.15) is 16.2 Å². The minimum Gasteiger partial charge on any atom is -0.457 e. The maximum Gasteiger partial charge on any atom is 0.265 e. The van der Waals surface area contributed by atoms with Gasteiger partial charge >= 0.3 is 0 Å². The number of para-hydroxylation sites is 1. The number of aromatic nitrogens is 2. The van der Waals surface area contributed by atoms with Crippen LogP contribution in [0.15, 0.2) is 59.4 Å². The van der Waals surface area contributed by atoms with Gasteiger partial charge in [0.05, 0.1) is 17.3 Å². The normalized spacial score (nSPS) is 11.4. The van der Waals surface area contributed by atoms with Gasteiger partial charge in [0.15, 0.2) is 0 Å². The number of hydrogen-bond donors (Lipinski definition) is 4. The van der Waals surface area contributed by atoms with Crippen LogP contribution < -0.4 is 20.8 Å². The molecule has 0 aliphatic carbocycles. The number of sulfonamides is 1. The van der Waals surface area contributed by atoms with Crippen LogP contribution in [0.2, 0.25) is 0 Å². The highest BCUT2D eigenvalue weighted by atomic mass is 32.2. The van der Waals surface area contributed by atoms with Gasteiger partial charge in [0.25, 0.3) is 11.5 Å². The van der Waals surface area contributed by atoms with Gasteiger partial charge in [-0.3, -0.25) is 14.3 Å². The summed E-state index contributed by atoms with van der Waals surface area (Å²) >= 11 is 0. The minimum absolute atomic E-state index is 0.0429. The molecule has 10 heteroatoms. The van der Waals surface area contributed by atoms with Gasteiger partial charge in [0, 0.05) is 22.3 Å². The number of rotatable bonds is 6. The van der Waals surface area contributed by atoms with E-state index in [-0.39, 0.29) is 5.69 Å². The molecule has 0 aliphatic rings. The first-order valence-electron chi connectivity index (χ1n) is 9.53. The Balaban J connectivity index is 1.98. The molecule has 0 radical (unpaired) electrons. The predicted molar refractivity (Wildman–Crippen MR) is 123 cm³/mol. The summed E-state index contributed by atoms with van der Waals surface area (Å²) in [5.41, 5.74) is 6.71. The zero-order valence-electron chi connectivity index (χ0n) is 17.2. The van der Waals surface area contributed by atoms with Gasteiger partial charge in [-0.05, 0) is 43.3 Å². The maximum atomic E-state index is 12.6. The van der Waals surface area contributed by atoms with E-state index in [4.69, 9.17) is 10.5 Å². The van der Waals surface area contributed by atoms with Crippen molar-refractivity contribution in [2.24, 2.45) is 5.73 Å². The summed E-state index contributed by atoms with van der Waals surface area (Å²) < 4.78 is 32.0. The molecule has 0 fully saturated rings. The highest BCUT2D eigenvalue weighted by molar-refractivity contribution is 7.92. The number of nitrogens with one attached hydrogen (secondary N) is 3. The number of aromatic amines is 2. The second kappa shape index (κ2) is 7.89. The Kier molecular flexibility index (Phi) is 5.23. The first kappa shape index (κ1) is 21.2. The van der Waals surface area contributed by atoms with Crippen LogP contribution in [0.4, 0.5) is 5.69 Å². The van der Waals surface area contributed by atoms with Crippen LogP contribution in [-0.2, 0) is 10.0 Å². The molecule has 0 saturated heterocycles. The Bertz CT molecular complexity index is 1500. The zero-order chi connectivity index (χ0) is 23.0. The Morgan fingerprint density at radius 1 is 1.06 bits per heavy atom. The lowest BCUT2D eigenvalue weighted by atomic mass is 10.1. The molecule has 9 nitrogen and oxygen atoms in total. The third-order valence-electron chi connectivity index (χ3n) is 4.78. The Labute approximate surface area is 183 Å². The quantitative estimate of drug-likeness (QED) is 0.355. The van der Waals surface area contributed by atoms with E-state index in [1.165, 1.54) is 6.07 Å². The second-order valence-corrected chi connectivity index (χ2v) is 9.04. The topological polar surface area (TPSA) is 147 Å². The lowest BCUT2D eigenvalue weighted by molar-refractivity contribution is 0.0995. The maximum absolute atomic E-state index is 12.6. The summed E-state index contributed by atoms with van der Waals surface area (Å²) in [6, 6.07) is 15.3. The van der Waals surface area contributed by atoms with Gasteiger partial charge in [-0.1, -0.05) is 18.2 Å². The molecule has 0 spiro atoms. The number of pyridine rings is 1. The highest BCUT2D eigenvalue weighted by Crippen LogP contribution is 2.39. The molecule has 0 bridgehead atoms. The lowest BCUT2D eigenvalue weighted by Crippen LogP contribution is -2.18. The molecule has 0 atom stereocenters. The van der Waals surface area contributed by atoms with E-state index in [2.05, 4.69) is 14.7 Å². The van der Waals surface area contributed by atoms with Crippen LogP contribution in [-0.4, -0.2) is 30.5 Å². The lowest BCUT2D eigenvalue weighted by Gasteiger charge is -2.13. The molecule has 2 aromatic heterocycles. The number of fused-ring (bicyclic) bond motifs is 1. The molecule has 2 heterocycles. The number of H-pyrrole nitrogens is 2. The molecule has 1 amide bonds. The van der Waals surface area contributed by atoms with Crippen LogP contribution in [0.5, 0.6) is 11.5 Å². The number of aryl methyl sites for hydroxylation is 1. The van der Waals surface area contributed by atoms with E-state index in [1.807, 2.05) is 18.2 Å². The molecule has 32 heavy (non-hydrogen) atoms. The van der Waals surface area contributed by atoms with Gasteiger partial charge in [0.2, 0.25) is 10.0 Å². The second-order valence-electron chi connectivity index (χ2n) is 7.29. The number of amides is 1. The molecule has 0 aliphatic heterocycles. The molecule has 164 valence electrons. The van der Waals surface area contributed by atoms with Crippen LogP contribution >= 0.6 is 0 Å². The zero-order valence-corrected chi connectivity index (χ0v) is 18.0. The van der Waals surface area contributed by atoms with E-state index >= 15 is 0 Å². The average Bonchev–Trinajstić information content (AvgIpc) is 3.05. The number of primary amides is 1. The summed E-state index contributed by atoms with van der Waals surface area (Å²) in [7, 11) is -3.53. The van der Waals surface area contributed by atoms with E-state index in [0.717, 1.165) is 6.26 Å². The third-order valence-corrected chi connectivity index (χ3v) is 5.39. The van der Waals surface area contributed by atoms with Crippen LogP contribution in [0.25, 0.3) is 22.0 Å². The Morgan fingerprint density at radius 3 is 2.44 bits per heavy atom. The molecular weight excluding hydrogens is 432 g/mol. The molecule has 4 aromatic rings. The largest absolute Gasteiger partial charge is 0.457 e. The van der Waals surface area contributed by atoms with Crippen molar-refractivity contribution in [2.75, 3.05) is 11.0 Å². The van der Waals surface area contributed by atoms with Gasteiger partial charge in [-0.2, -0.15) is 0 Å². The standard InChI is InChI=1S/C22H20N4O5S/c1-12-19-16(11-17(21(23)27)25-22(19)28)20(24-12)15-10-13(26-32(2,29)30)8-9-18(15)31-14-6-4-3-5-7-14/h3-11,24,26H,1-2H3,(H2,23,27)(H,25,28). The highest BCUT2D eigenvalue weighted by Gasteiger charge is 2.19. The number of hydrogen-bond acceptors (Lipinski definition) is 5. The Morgan fingerprint density at radius 2 is 1.78 bits per heavy atom. The summed E-state index contributed by atoms with van der Waals surface area (Å²) in [5, 5.41) is 0.812. The van der Waals surface area contributed by atoms with Crippen molar-refractivity contribution < 1.29 is 17.9 Å². The SMILES string of the molecule is Cc1[nH]c(-c2cc(NS(C)(=O)=O)ccc2Oc2ccccc2)c2cc(C(N)=O)[nH]c(=O)c12. The fraction of sp³-hybridized carbons (Fsp3) is 0.0909. The molecule has 0 unspecified atom stereocenters. The van der Waals surface area contributed by atoms with Crippen molar-refractivity contribution in [1.82, 2.24) is 9.97 Å². The van der Waals surface area contributed by atoms with E-state index in [1.54, 1.807) is 37.3 Å². The van der Waals surface area contributed by atoms with Crippen molar-refractivity contribution >= 4 is 32.4 Å².